The van der Waals surface area contributed by atoms with Crippen molar-refractivity contribution >= 4 is 0 Å². The van der Waals surface area contributed by atoms with Crippen molar-refractivity contribution in [1.29, 1.82) is 0 Å². The number of hydrogen-bond acceptors (Lipinski definition) is 3. The first-order valence-electron chi connectivity index (χ1n) is 6.45. The minimum Gasteiger partial charge on any atom is -0.488 e. The molecule has 0 bridgehead atoms. The van der Waals surface area contributed by atoms with Crippen LogP contribution in [0.5, 0.6) is 5.75 Å². The van der Waals surface area contributed by atoms with Gasteiger partial charge in [0.15, 0.2) is 11.6 Å². The Labute approximate surface area is 107 Å². The van der Waals surface area contributed by atoms with Gasteiger partial charge in [0.05, 0.1) is 12.2 Å². The summed E-state index contributed by atoms with van der Waals surface area (Å²) in [5.41, 5.74) is 0.600. The molecule has 0 saturated carbocycles. The molecule has 2 unspecified atom stereocenters. The summed E-state index contributed by atoms with van der Waals surface area (Å²) in [6.45, 7) is 4.62. The molecule has 0 radical (unpaired) electrons. The highest BCUT2D eigenvalue weighted by Crippen LogP contribution is 2.27. The zero-order valence-corrected chi connectivity index (χ0v) is 10.8. The molecule has 1 aliphatic rings. The molecule has 0 aromatic heterocycles. The van der Waals surface area contributed by atoms with Crippen LogP contribution >= 0.6 is 0 Å². The highest BCUT2D eigenvalue weighted by molar-refractivity contribution is 5.31. The molecule has 2 rings (SSSR count). The molecule has 1 aromatic carbocycles. The van der Waals surface area contributed by atoms with Crippen LogP contribution in [0.1, 0.15) is 38.4 Å². The third kappa shape index (κ3) is 3.00. The lowest BCUT2D eigenvalue weighted by Crippen LogP contribution is -2.28. The molecule has 3 nitrogen and oxygen atoms in total. The van der Waals surface area contributed by atoms with Crippen molar-refractivity contribution in [3.05, 3.63) is 29.6 Å². The Kier molecular flexibility index (Phi) is 4.19. The van der Waals surface area contributed by atoms with Crippen LogP contribution in [0.2, 0.25) is 0 Å². The first-order valence-corrected chi connectivity index (χ1v) is 6.45. The number of hydrogen-bond donors (Lipinski definition) is 2. The molecule has 1 heterocycles. The summed E-state index contributed by atoms with van der Waals surface area (Å²) in [7, 11) is 0. The third-order valence-corrected chi connectivity index (χ3v) is 3.14. The monoisotopic (exact) mass is 253 g/mol. The van der Waals surface area contributed by atoms with Crippen LogP contribution in [0, 0.1) is 5.82 Å². The molecule has 2 N–H and O–H groups in total. The van der Waals surface area contributed by atoms with Crippen LogP contribution in [0.4, 0.5) is 4.39 Å². The number of rotatable bonds is 4. The Morgan fingerprint density at radius 1 is 1.44 bits per heavy atom. The third-order valence-electron chi connectivity index (χ3n) is 3.14. The molecule has 100 valence electrons. The normalized spacial score (nSPS) is 21.3. The maximum Gasteiger partial charge on any atom is 0.165 e. The summed E-state index contributed by atoms with van der Waals surface area (Å²) in [6, 6.07) is 4.71. The maximum absolute atomic E-state index is 13.8. The quantitative estimate of drug-likeness (QED) is 0.865. The fourth-order valence-corrected chi connectivity index (χ4v) is 2.26. The summed E-state index contributed by atoms with van der Waals surface area (Å²) in [4.78, 5) is 0. The zero-order chi connectivity index (χ0) is 13.1. The standard InChI is InChI=1S/C14H20FNO2/c1-9(2)18-13-6-5-10(8-11(13)15)14(17)12-4-3-7-16-12/h5-6,8-9,12,14,16-17H,3-4,7H2,1-2H3. The first-order chi connectivity index (χ1) is 8.58. The SMILES string of the molecule is CC(C)Oc1ccc(C(O)C2CCCN2)cc1F. The van der Waals surface area contributed by atoms with Crippen molar-refractivity contribution in [1.82, 2.24) is 5.32 Å². The first kappa shape index (κ1) is 13.3. The molecule has 1 fully saturated rings. The Morgan fingerprint density at radius 2 is 2.22 bits per heavy atom. The van der Waals surface area contributed by atoms with E-state index in [0.29, 0.717) is 5.56 Å². The number of nitrogens with one attached hydrogen (secondary N) is 1. The Balaban J connectivity index is 2.12. The van der Waals surface area contributed by atoms with Gasteiger partial charge in [0, 0.05) is 6.04 Å². The van der Waals surface area contributed by atoms with Gasteiger partial charge in [0.2, 0.25) is 0 Å². The molecule has 0 aliphatic carbocycles. The number of halogens is 1. The van der Waals surface area contributed by atoms with Crippen molar-refractivity contribution in [2.45, 2.75) is 44.9 Å². The number of ether oxygens (including phenoxy) is 1. The number of aliphatic hydroxyl groups is 1. The number of benzene rings is 1. The predicted octanol–water partition coefficient (Wildman–Crippen LogP) is 2.40. The number of aliphatic hydroxyl groups excluding tert-OH is 1. The van der Waals surface area contributed by atoms with E-state index in [9.17, 15) is 9.50 Å². The van der Waals surface area contributed by atoms with E-state index < -0.39 is 11.9 Å². The lowest BCUT2D eigenvalue weighted by molar-refractivity contribution is 0.137. The van der Waals surface area contributed by atoms with Crippen LogP contribution in [-0.4, -0.2) is 23.8 Å². The van der Waals surface area contributed by atoms with E-state index in [1.54, 1.807) is 12.1 Å². The fraction of sp³-hybridized carbons (Fsp3) is 0.571. The van der Waals surface area contributed by atoms with Crippen molar-refractivity contribution in [2.24, 2.45) is 0 Å². The van der Waals surface area contributed by atoms with E-state index in [-0.39, 0.29) is 17.9 Å². The van der Waals surface area contributed by atoms with Crippen LogP contribution in [0.15, 0.2) is 18.2 Å². The second-order valence-corrected chi connectivity index (χ2v) is 5.00. The zero-order valence-electron chi connectivity index (χ0n) is 10.8. The van der Waals surface area contributed by atoms with Crippen molar-refractivity contribution in [3.63, 3.8) is 0 Å². The van der Waals surface area contributed by atoms with Crippen LogP contribution in [0.25, 0.3) is 0 Å². The topological polar surface area (TPSA) is 41.5 Å². The van der Waals surface area contributed by atoms with Gasteiger partial charge in [0.1, 0.15) is 0 Å². The Hall–Kier alpha value is -1.13. The summed E-state index contributed by atoms with van der Waals surface area (Å²) in [5, 5.41) is 13.4. The molecule has 1 aliphatic heterocycles. The van der Waals surface area contributed by atoms with Crippen LogP contribution in [0.3, 0.4) is 0 Å². The largest absolute Gasteiger partial charge is 0.488 e. The predicted molar refractivity (Wildman–Crippen MR) is 68.1 cm³/mol. The Morgan fingerprint density at radius 3 is 2.78 bits per heavy atom. The van der Waals surface area contributed by atoms with Crippen molar-refractivity contribution in [3.8, 4) is 5.75 Å². The van der Waals surface area contributed by atoms with Crippen LogP contribution in [-0.2, 0) is 0 Å². The van der Waals surface area contributed by atoms with Gasteiger partial charge >= 0.3 is 0 Å². The smallest absolute Gasteiger partial charge is 0.165 e. The summed E-state index contributed by atoms with van der Waals surface area (Å²) in [6.07, 6.45) is 1.26. The van der Waals surface area contributed by atoms with Crippen molar-refractivity contribution < 1.29 is 14.2 Å². The highest BCUT2D eigenvalue weighted by Gasteiger charge is 2.24. The molecular formula is C14H20FNO2. The van der Waals surface area contributed by atoms with Gasteiger partial charge in [-0.25, -0.2) is 4.39 Å². The van der Waals surface area contributed by atoms with E-state index in [4.69, 9.17) is 4.74 Å². The van der Waals surface area contributed by atoms with Gasteiger partial charge in [-0.15, -0.1) is 0 Å². The lowest BCUT2D eigenvalue weighted by Gasteiger charge is -2.19. The summed E-state index contributed by atoms with van der Waals surface area (Å²) in [5.74, 6) is -0.182. The van der Waals surface area contributed by atoms with E-state index in [0.717, 1.165) is 19.4 Å². The van der Waals surface area contributed by atoms with Gasteiger partial charge < -0.3 is 15.2 Å². The van der Waals surface area contributed by atoms with E-state index in [1.807, 2.05) is 13.8 Å². The fourth-order valence-electron chi connectivity index (χ4n) is 2.26. The molecule has 2 atom stereocenters. The molecule has 1 saturated heterocycles. The molecule has 18 heavy (non-hydrogen) atoms. The lowest BCUT2D eigenvalue weighted by atomic mass is 10.0. The molecule has 1 aromatic rings. The van der Waals surface area contributed by atoms with Gasteiger partial charge in [-0.05, 0) is 50.9 Å². The second-order valence-electron chi connectivity index (χ2n) is 5.00. The van der Waals surface area contributed by atoms with Gasteiger partial charge in [-0.1, -0.05) is 6.07 Å². The van der Waals surface area contributed by atoms with Crippen molar-refractivity contribution in [2.75, 3.05) is 6.54 Å². The molecular weight excluding hydrogens is 233 g/mol. The minimum absolute atomic E-state index is 0.0290. The highest BCUT2D eigenvalue weighted by atomic mass is 19.1. The summed E-state index contributed by atoms with van der Waals surface area (Å²) >= 11 is 0. The second kappa shape index (κ2) is 5.67. The molecule has 0 amide bonds. The molecule has 4 heteroatoms. The minimum atomic E-state index is -0.657. The van der Waals surface area contributed by atoms with Gasteiger partial charge in [-0.2, -0.15) is 0 Å². The average Bonchev–Trinajstić information content (AvgIpc) is 2.84. The molecule has 0 spiro atoms. The van der Waals surface area contributed by atoms with Crippen LogP contribution < -0.4 is 10.1 Å². The average molecular weight is 253 g/mol. The van der Waals surface area contributed by atoms with Gasteiger partial charge in [-0.3, -0.25) is 0 Å². The Bertz CT molecular complexity index is 403. The van der Waals surface area contributed by atoms with E-state index in [2.05, 4.69) is 5.32 Å². The van der Waals surface area contributed by atoms with E-state index in [1.165, 1.54) is 6.07 Å². The summed E-state index contributed by atoms with van der Waals surface area (Å²) < 4.78 is 19.1. The maximum atomic E-state index is 13.8. The van der Waals surface area contributed by atoms with Gasteiger partial charge in [0.25, 0.3) is 0 Å². The van der Waals surface area contributed by atoms with E-state index >= 15 is 0 Å².